The van der Waals surface area contributed by atoms with Gasteiger partial charge in [0.2, 0.25) is 0 Å². The average Bonchev–Trinajstić information content (AvgIpc) is 2.86. The summed E-state index contributed by atoms with van der Waals surface area (Å²) in [4.78, 5) is 12.5. The summed E-state index contributed by atoms with van der Waals surface area (Å²) < 4.78 is 16.3. The number of rotatable bonds is 12. The fourth-order valence-corrected chi connectivity index (χ4v) is 3.25. The Morgan fingerprint density at radius 2 is 1.36 bits per heavy atom. The molecule has 0 aromatic heterocycles. The molecule has 0 amide bonds. The number of benzene rings is 3. The van der Waals surface area contributed by atoms with Crippen molar-refractivity contribution >= 4 is 18.1 Å². The first kappa shape index (κ1) is 24.3. The van der Waals surface area contributed by atoms with E-state index in [9.17, 15) is 4.79 Å². The minimum atomic E-state index is -0.381. The predicted octanol–water partition coefficient (Wildman–Crippen LogP) is 6.83. The van der Waals surface area contributed by atoms with Crippen molar-refractivity contribution < 1.29 is 19.0 Å². The molecule has 0 aliphatic carbocycles. The first-order valence-corrected chi connectivity index (χ1v) is 11.5. The van der Waals surface area contributed by atoms with Gasteiger partial charge in [0.25, 0.3) is 0 Å². The first-order chi connectivity index (χ1) is 16.2. The molecular formula is C29H32O4. The number of esters is 1. The SMILES string of the molecule is CCCCCOc1ccc(OC(=O)c2ccc(C=Cc3ccc(CCOC)cc3)cc2)cc1. The van der Waals surface area contributed by atoms with Crippen molar-refractivity contribution in [1.82, 2.24) is 0 Å². The minimum absolute atomic E-state index is 0.381. The number of ether oxygens (including phenoxy) is 3. The summed E-state index contributed by atoms with van der Waals surface area (Å²) >= 11 is 0. The lowest BCUT2D eigenvalue weighted by molar-refractivity contribution is 0.0734. The van der Waals surface area contributed by atoms with E-state index >= 15 is 0 Å². The third-order valence-corrected chi connectivity index (χ3v) is 5.24. The van der Waals surface area contributed by atoms with Crippen LogP contribution in [0, 0.1) is 0 Å². The molecule has 0 atom stereocenters. The molecule has 0 saturated heterocycles. The molecule has 0 saturated carbocycles. The van der Waals surface area contributed by atoms with Gasteiger partial charge in [0, 0.05) is 7.11 Å². The van der Waals surface area contributed by atoms with E-state index in [0.29, 0.717) is 17.9 Å². The van der Waals surface area contributed by atoms with E-state index in [4.69, 9.17) is 14.2 Å². The number of carbonyl (C=O) groups excluding carboxylic acids is 1. The number of hydrogen-bond donors (Lipinski definition) is 0. The summed E-state index contributed by atoms with van der Waals surface area (Å²) in [7, 11) is 1.71. The molecule has 4 nitrogen and oxygen atoms in total. The van der Waals surface area contributed by atoms with Crippen LogP contribution in [0.15, 0.2) is 72.8 Å². The van der Waals surface area contributed by atoms with E-state index in [1.807, 2.05) is 30.3 Å². The van der Waals surface area contributed by atoms with Crippen LogP contribution in [0.3, 0.4) is 0 Å². The van der Waals surface area contributed by atoms with E-state index in [1.165, 1.54) is 12.0 Å². The number of methoxy groups -OCH3 is 1. The van der Waals surface area contributed by atoms with Crippen molar-refractivity contribution in [3.63, 3.8) is 0 Å². The lowest BCUT2D eigenvalue weighted by atomic mass is 10.1. The van der Waals surface area contributed by atoms with Gasteiger partial charge in [0.15, 0.2) is 0 Å². The van der Waals surface area contributed by atoms with Gasteiger partial charge in [0.1, 0.15) is 11.5 Å². The lowest BCUT2D eigenvalue weighted by Gasteiger charge is -2.08. The van der Waals surface area contributed by atoms with Crippen LogP contribution in [-0.4, -0.2) is 26.3 Å². The molecule has 172 valence electrons. The summed E-state index contributed by atoms with van der Waals surface area (Å²) in [6.45, 7) is 3.59. The maximum absolute atomic E-state index is 12.5. The lowest BCUT2D eigenvalue weighted by Crippen LogP contribution is -2.08. The van der Waals surface area contributed by atoms with E-state index in [0.717, 1.165) is 42.7 Å². The van der Waals surface area contributed by atoms with E-state index in [-0.39, 0.29) is 5.97 Å². The molecule has 3 aromatic carbocycles. The monoisotopic (exact) mass is 444 g/mol. The fourth-order valence-electron chi connectivity index (χ4n) is 3.25. The number of unbranched alkanes of at least 4 members (excludes halogenated alkanes) is 2. The molecule has 0 N–H and O–H groups in total. The van der Waals surface area contributed by atoms with Crippen molar-refractivity contribution in [3.05, 3.63) is 95.1 Å². The van der Waals surface area contributed by atoms with Crippen LogP contribution in [0.25, 0.3) is 12.2 Å². The second-order valence-corrected chi connectivity index (χ2v) is 7.86. The Balaban J connectivity index is 1.51. The maximum atomic E-state index is 12.5. The van der Waals surface area contributed by atoms with Crippen molar-refractivity contribution in [1.29, 1.82) is 0 Å². The molecule has 0 aliphatic rings. The highest BCUT2D eigenvalue weighted by molar-refractivity contribution is 5.91. The smallest absolute Gasteiger partial charge is 0.343 e. The van der Waals surface area contributed by atoms with Crippen LogP contribution in [0.4, 0.5) is 0 Å². The van der Waals surface area contributed by atoms with E-state index in [2.05, 4.69) is 37.3 Å². The Labute approximate surface area is 196 Å². The summed E-state index contributed by atoms with van der Waals surface area (Å²) in [5, 5.41) is 0. The Kier molecular flexibility index (Phi) is 9.74. The van der Waals surface area contributed by atoms with Crippen molar-refractivity contribution in [2.45, 2.75) is 32.6 Å². The highest BCUT2D eigenvalue weighted by atomic mass is 16.5. The van der Waals surface area contributed by atoms with Gasteiger partial charge in [-0.15, -0.1) is 0 Å². The third-order valence-electron chi connectivity index (χ3n) is 5.24. The third kappa shape index (κ3) is 8.24. The van der Waals surface area contributed by atoms with Gasteiger partial charge in [-0.25, -0.2) is 4.79 Å². The molecule has 3 aromatic rings. The van der Waals surface area contributed by atoms with Crippen LogP contribution in [0.1, 0.15) is 53.2 Å². The van der Waals surface area contributed by atoms with Crippen LogP contribution < -0.4 is 9.47 Å². The molecule has 0 aliphatic heterocycles. The zero-order valence-corrected chi connectivity index (χ0v) is 19.5. The molecule has 0 radical (unpaired) electrons. The second-order valence-electron chi connectivity index (χ2n) is 7.86. The minimum Gasteiger partial charge on any atom is -0.494 e. The summed E-state index contributed by atoms with van der Waals surface area (Å²) in [5.41, 5.74) is 3.90. The number of hydrogen-bond acceptors (Lipinski definition) is 4. The topological polar surface area (TPSA) is 44.8 Å². The largest absolute Gasteiger partial charge is 0.494 e. The zero-order valence-electron chi connectivity index (χ0n) is 19.5. The van der Waals surface area contributed by atoms with Crippen LogP contribution in [-0.2, 0) is 11.2 Å². The van der Waals surface area contributed by atoms with Crippen molar-refractivity contribution in [2.75, 3.05) is 20.3 Å². The molecule has 4 heteroatoms. The fraction of sp³-hybridized carbons (Fsp3) is 0.276. The Morgan fingerprint density at radius 1 is 0.758 bits per heavy atom. The van der Waals surface area contributed by atoms with Crippen LogP contribution in [0.2, 0.25) is 0 Å². The van der Waals surface area contributed by atoms with Gasteiger partial charge in [-0.05, 0) is 65.9 Å². The molecule has 0 heterocycles. The standard InChI is InChI=1S/C29H32O4/c1-3-4-5-21-32-27-16-18-28(19-17-27)33-29(30)26-14-12-24(13-15-26)7-6-23-8-10-25(11-9-23)20-22-31-2/h6-19H,3-5,20-22H2,1-2H3. The highest BCUT2D eigenvalue weighted by Crippen LogP contribution is 2.19. The van der Waals surface area contributed by atoms with E-state index < -0.39 is 0 Å². The van der Waals surface area contributed by atoms with Crippen molar-refractivity contribution in [2.24, 2.45) is 0 Å². The van der Waals surface area contributed by atoms with E-state index in [1.54, 1.807) is 31.4 Å². The van der Waals surface area contributed by atoms with Crippen LogP contribution in [0.5, 0.6) is 11.5 Å². The Hall–Kier alpha value is -3.37. The predicted molar refractivity (Wildman–Crippen MR) is 134 cm³/mol. The maximum Gasteiger partial charge on any atom is 0.343 e. The number of carbonyl (C=O) groups is 1. The highest BCUT2D eigenvalue weighted by Gasteiger charge is 2.08. The Bertz CT molecular complexity index is 1000. The molecule has 0 bridgehead atoms. The molecule has 33 heavy (non-hydrogen) atoms. The van der Waals surface area contributed by atoms with Gasteiger partial charge in [0.05, 0.1) is 18.8 Å². The molecule has 0 spiro atoms. The van der Waals surface area contributed by atoms with Gasteiger partial charge in [-0.2, -0.15) is 0 Å². The quantitative estimate of drug-likeness (QED) is 0.133. The van der Waals surface area contributed by atoms with Gasteiger partial charge in [-0.3, -0.25) is 0 Å². The average molecular weight is 445 g/mol. The molecule has 3 rings (SSSR count). The Morgan fingerprint density at radius 3 is 1.97 bits per heavy atom. The molecule has 0 unspecified atom stereocenters. The summed E-state index contributed by atoms with van der Waals surface area (Å²) in [6, 6.07) is 23.0. The first-order valence-electron chi connectivity index (χ1n) is 11.5. The molecular weight excluding hydrogens is 412 g/mol. The van der Waals surface area contributed by atoms with Gasteiger partial charge >= 0.3 is 5.97 Å². The zero-order chi connectivity index (χ0) is 23.3. The van der Waals surface area contributed by atoms with Gasteiger partial charge in [-0.1, -0.05) is 68.3 Å². The molecule has 0 fully saturated rings. The normalized spacial score (nSPS) is 11.0. The van der Waals surface area contributed by atoms with Gasteiger partial charge < -0.3 is 14.2 Å². The summed E-state index contributed by atoms with van der Waals surface area (Å²) in [5.74, 6) is 0.902. The van der Waals surface area contributed by atoms with Crippen LogP contribution >= 0.6 is 0 Å². The summed E-state index contributed by atoms with van der Waals surface area (Å²) in [6.07, 6.45) is 8.36. The van der Waals surface area contributed by atoms with Crippen molar-refractivity contribution in [3.8, 4) is 11.5 Å². The second kappa shape index (κ2) is 13.2.